The third-order valence-corrected chi connectivity index (χ3v) is 4.80. The Morgan fingerprint density at radius 2 is 1.70 bits per heavy atom. The van der Waals surface area contributed by atoms with Gasteiger partial charge in [-0.25, -0.2) is 0 Å². The molecule has 1 aliphatic rings. The second-order valence-corrected chi connectivity index (χ2v) is 7.15. The summed E-state index contributed by atoms with van der Waals surface area (Å²) < 4.78 is 0. The Bertz CT molecular complexity index is 707. The minimum atomic E-state index is -0.0579. The lowest BCUT2D eigenvalue weighted by Crippen LogP contribution is -2.34. The number of hydrogen-bond acceptors (Lipinski definition) is 3. The highest BCUT2D eigenvalue weighted by Crippen LogP contribution is 2.49. The zero-order chi connectivity index (χ0) is 16.6. The van der Waals surface area contributed by atoms with Crippen LogP contribution in [0.15, 0.2) is 42.5 Å². The van der Waals surface area contributed by atoms with E-state index in [0.29, 0.717) is 5.75 Å². The van der Waals surface area contributed by atoms with E-state index < -0.39 is 0 Å². The van der Waals surface area contributed by atoms with Gasteiger partial charge in [-0.3, -0.25) is 0 Å². The Labute approximate surface area is 139 Å². The number of rotatable bonds is 4. The van der Waals surface area contributed by atoms with E-state index in [4.69, 9.17) is 0 Å². The number of benzene rings is 2. The van der Waals surface area contributed by atoms with Gasteiger partial charge < -0.3 is 14.9 Å². The number of aromatic hydroxyl groups is 1. The summed E-state index contributed by atoms with van der Waals surface area (Å²) >= 11 is 0. The summed E-state index contributed by atoms with van der Waals surface area (Å²) in [6.45, 7) is 6.52. The highest BCUT2D eigenvalue weighted by atomic mass is 16.3. The van der Waals surface area contributed by atoms with Crippen molar-refractivity contribution in [2.24, 2.45) is 0 Å². The largest absolute Gasteiger partial charge is 0.508 e. The van der Waals surface area contributed by atoms with Gasteiger partial charge in [0.05, 0.1) is 0 Å². The van der Waals surface area contributed by atoms with Gasteiger partial charge >= 0.3 is 0 Å². The first-order valence-electron chi connectivity index (χ1n) is 8.26. The lowest BCUT2D eigenvalue weighted by atomic mass is 9.73. The number of phenols is 1. The lowest BCUT2D eigenvalue weighted by molar-refractivity contribution is 0.402. The molecule has 0 saturated heterocycles. The zero-order valence-corrected chi connectivity index (χ0v) is 14.5. The fraction of sp³-hybridized carbons (Fsp3) is 0.400. The first kappa shape index (κ1) is 15.9. The Balaban J connectivity index is 2.07. The van der Waals surface area contributed by atoms with Gasteiger partial charge in [-0.05, 0) is 50.3 Å². The monoisotopic (exact) mass is 310 g/mol. The average molecular weight is 310 g/mol. The molecule has 1 N–H and O–H groups in total. The summed E-state index contributed by atoms with van der Waals surface area (Å²) in [6, 6.07) is 14.4. The van der Waals surface area contributed by atoms with E-state index in [1.807, 2.05) is 6.07 Å². The van der Waals surface area contributed by atoms with E-state index in [1.165, 1.54) is 16.8 Å². The molecule has 0 radical (unpaired) electrons. The zero-order valence-electron chi connectivity index (χ0n) is 14.5. The predicted molar refractivity (Wildman–Crippen MR) is 96.9 cm³/mol. The Morgan fingerprint density at radius 1 is 1.00 bits per heavy atom. The van der Waals surface area contributed by atoms with Crippen molar-refractivity contribution in [3.05, 3.63) is 53.6 Å². The fourth-order valence-electron chi connectivity index (χ4n) is 3.57. The van der Waals surface area contributed by atoms with Gasteiger partial charge in [-0.1, -0.05) is 38.1 Å². The predicted octanol–water partition coefficient (Wildman–Crippen LogP) is 4.12. The van der Waals surface area contributed by atoms with Crippen LogP contribution in [0.2, 0.25) is 0 Å². The third kappa shape index (κ3) is 2.81. The SMILES string of the molecule is CN(C)CCCN1c2ccccc2C(C)(C)c2ccc(O)cc21. The molecule has 0 atom stereocenters. The van der Waals surface area contributed by atoms with Crippen molar-refractivity contribution < 1.29 is 5.11 Å². The molecule has 0 saturated carbocycles. The molecule has 3 heteroatoms. The smallest absolute Gasteiger partial charge is 0.117 e. The van der Waals surface area contributed by atoms with Crippen LogP contribution in [-0.4, -0.2) is 37.2 Å². The molecule has 122 valence electrons. The molecule has 3 rings (SSSR count). The molecule has 0 amide bonds. The number of anilines is 2. The van der Waals surface area contributed by atoms with Gasteiger partial charge in [0.15, 0.2) is 0 Å². The van der Waals surface area contributed by atoms with Crippen LogP contribution in [0.4, 0.5) is 11.4 Å². The normalized spacial score (nSPS) is 15.4. The summed E-state index contributed by atoms with van der Waals surface area (Å²) in [5.74, 6) is 0.330. The summed E-state index contributed by atoms with van der Waals surface area (Å²) in [5, 5.41) is 10.0. The Hall–Kier alpha value is -2.00. The van der Waals surface area contributed by atoms with E-state index >= 15 is 0 Å². The molecular formula is C20H26N2O. The highest BCUT2D eigenvalue weighted by molar-refractivity contribution is 5.78. The molecule has 2 aromatic rings. The van der Waals surface area contributed by atoms with Crippen LogP contribution < -0.4 is 4.90 Å². The molecule has 0 aliphatic carbocycles. The van der Waals surface area contributed by atoms with Crippen LogP contribution in [0.5, 0.6) is 5.75 Å². The molecule has 0 aromatic heterocycles. The highest BCUT2D eigenvalue weighted by Gasteiger charge is 2.35. The van der Waals surface area contributed by atoms with Gasteiger partial charge in [-0.2, -0.15) is 0 Å². The summed E-state index contributed by atoms with van der Waals surface area (Å²) in [7, 11) is 4.21. The topological polar surface area (TPSA) is 26.7 Å². The van der Waals surface area contributed by atoms with Gasteiger partial charge in [0.1, 0.15) is 5.75 Å². The Morgan fingerprint density at radius 3 is 2.43 bits per heavy atom. The van der Waals surface area contributed by atoms with E-state index in [2.05, 4.69) is 68.1 Å². The van der Waals surface area contributed by atoms with Gasteiger partial charge in [0.2, 0.25) is 0 Å². The van der Waals surface area contributed by atoms with Crippen molar-refractivity contribution in [3.63, 3.8) is 0 Å². The van der Waals surface area contributed by atoms with Crippen molar-refractivity contribution in [1.29, 1.82) is 0 Å². The van der Waals surface area contributed by atoms with Crippen LogP contribution in [0.1, 0.15) is 31.4 Å². The quantitative estimate of drug-likeness (QED) is 0.920. The Kier molecular flexibility index (Phi) is 4.07. The standard InChI is InChI=1S/C20H26N2O/c1-20(2)16-8-5-6-9-18(16)22(13-7-12-21(3)4)19-14-15(23)10-11-17(19)20/h5-6,8-11,14,23H,7,12-13H2,1-4H3. The fourth-order valence-corrected chi connectivity index (χ4v) is 3.57. The van der Waals surface area contributed by atoms with E-state index in [-0.39, 0.29) is 5.41 Å². The summed E-state index contributed by atoms with van der Waals surface area (Å²) in [6.07, 6.45) is 1.08. The molecule has 1 aliphatic heterocycles. The molecular weight excluding hydrogens is 284 g/mol. The second kappa shape index (κ2) is 5.89. The molecule has 0 unspecified atom stereocenters. The first-order chi connectivity index (χ1) is 10.9. The maximum absolute atomic E-state index is 10.0. The number of nitrogens with zero attached hydrogens (tertiary/aromatic N) is 2. The molecule has 0 fully saturated rings. The van der Waals surface area contributed by atoms with Crippen molar-refractivity contribution in [2.45, 2.75) is 25.7 Å². The van der Waals surface area contributed by atoms with Crippen LogP contribution in [0.3, 0.4) is 0 Å². The third-order valence-electron chi connectivity index (χ3n) is 4.80. The lowest BCUT2D eigenvalue weighted by Gasteiger charge is -2.42. The summed E-state index contributed by atoms with van der Waals surface area (Å²) in [5.41, 5.74) is 4.96. The van der Waals surface area contributed by atoms with Crippen LogP contribution in [0, 0.1) is 0 Å². The summed E-state index contributed by atoms with van der Waals surface area (Å²) in [4.78, 5) is 4.57. The number of fused-ring (bicyclic) bond motifs is 2. The minimum absolute atomic E-state index is 0.0579. The first-order valence-corrected chi connectivity index (χ1v) is 8.26. The molecule has 0 bridgehead atoms. The van der Waals surface area contributed by atoms with Crippen LogP contribution >= 0.6 is 0 Å². The van der Waals surface area contributed by atoms with Gasteiger partial charge in [0, 0.05) is 29.4 Å². The maximum Gasteiger partial charge on any atom is 0.117 e. The van der Waals surface area contributed by atoms with Crippen molar-refractivity contribution in [1.82, 2.24) is 4.90 Å². The molecule has 3 nitrogen and oxygen atoms in total. The van der Waals surface area contributed by atoms with Gasteiger partial charge in [0.25, 0.3) is 0 Å². The second-order valence-electron chi connectivity index (χ2n) is 7.15. The van der Waals surface area contributed by atoms with E-state index in [1.54, 1.807) is 6.07 Å². The minimum Gasteiger partial charge on any atom is -0.508 e. The van der Waals surface area contributed by atoms with Crippen LogP contribution in [-0.2, 0) is 5.41 Å². The maximum atomic E-state index is 10.0. The average Bonchev–Trinajstić information content (AvgIpc) is 2.50. The van der Waals surface area contributed by atoms with Crippen molar-refractivity contribution >= 4 is 11.4 Å². The van der Waals surface area contributed by atoms with Crippen molar-refractivity contribution in [3.8, 4) is 5.75 Å². The van der Waals surface area contributed by atoms with Crippen molar-refractivity contribution in [2.75, 3.05) is 32.1 Å². The molecule has 23 heavy (non-hydrogen) atoms. The molecule has 2 aromatic carbocycles. The number of phenolic OH excluding ortho intramolecular Hbond substituents is 1. The number of para-hydroxylation sites is 1. The molecule has 0 spiro atoms. The van der Waals surface area contributed by atoms with E-state index in [9.17, 15) is 5.11 Å². The molecule has 1 heterocycles. The van der Waals surface area contributed by atoms with Gasteiger partial charge in [-0.15, -0.1) is 0 Å². The van der Waals surface area contributed by atoms with E-state index in [0.717, 1.165) is 25.2 Å². The number of hydrogen-bond donors (Lipinski definition) is 1. The van der Waals surface area contributed by atoms with Crippen LogP contribution in [0.25, 0.3) is 0 Å².